The number of carbonyl (C=O) groups is 2. The van der Waals surface area contributed by atoms with E-state index in [9.17, 15) is 14.4 Å². The van der Waals surface area contributed by atoms with Crippen molar-refractivity contribution in [2.24, 2.45) is 0 Å². The van der Waals surface area contributed by atoms with E-state index in [4.69, 9.17) is 0 Å². The zero-order chi connectivity index (χ0) is 20.3. The van der Waals surface area contributed by atoms with Gasteiger partial charge in [0, 0.05) is 5.69 Å². The largest absolute Gasteiger partial charge is 0.345 e. The van der Waals surface area contributed by atoms with Gasteiger partial charge in [0.2, 0.25) is 11.8 Å². The minimum absolute atomic E-state index is 0.180. The van der Waals surface area contributed by atoms with Gasteiger partial charge in [-0.2, -0.15) is 0 Å². The van der Waals surface area contributed by atoms with E-state index in [1.807, 2.05) is 32.0 Å². The number of hydrogen-bond acceptors (Lipinski definition) is 4. The van der Waals surface area contributed by atoms with Crippen LogP contribution >= 0.6 is 0 Å². The summed E-state index contributed by atoms with van der Waals surface area (Å²) in [6.07, 6.45) is 0. The first-order valence-electron chi connectivity index (χ1n) is 8.96. The van der Waals surface area contributed by atoms with Crippen molar-refractivity contribution in [3.05, 3.63) is 69.8 Å². The number of rotatable bonds is 5. The number of anilines is 1. The minimum Gasteiger partial charge on any atom is -0.345 e. The van der Waals surface area contributed by atoms with E-state index in [1.165, 1.54) is 4.57 Å². The Balaban J connectivity index is 1.65. The molecule has 0 saturated carbocycles. The molecule has 7 nitrogen and oxygen atoms in total. The molecule has 0 aliphatic carbocycles. The van der Waals surface area contributed by atoms with Crippen LogP contribution in [0.2, 0.25) is 0 Å². The fourth-order valence-corrected chi connectivity index (χ4v) is 2.92. The van der Waals surface area contributed by atoms with E-state index in [1.54, 1.807) is 31.2 Å². The lowest BCUT2D eigenvalue weighted by Crippen LogP contribution is -2.38. The quantitative estimate of drug-likeness (QED) is 0.711. The zero-order valence-electron chi connectivity index (χ0n) is 16.1. The van der Waals surface area contributed by atoms with E-state index in [0.717, 1.165) is 11.1 Å². The number of amides is 2. The molecule has 7 heteroatoms. The fourth-order valence-electron chi connectivity index (χ4n) is 2.92. The Morgan fingerprint density at radius 1 is 1.00 bits per heavy atom. The van der Waals surface area contributed by atoms with Gasteiger partial charge in [0.15, 0.2) is 0 Å². The van der Waals surface area contributed by atoms with Crippen LogP contribution in [0.3, 0.4) is 0 Å². The summed E-state index contributed by atoms with van der Waals surface area (Å²) in [4.78, 5) is 41.3. The SMILES string of the molecule is Cc1cccc(NC(=O)CNC(=O)Cn2c(C)nc3ccccc3c2=O)c1C. The molecule has 0 spiro atoms. The summed E-state index contributed by atoms with van der Waals surface area (Å²) in [5.74, 6) is -0.320. The van der Waals surface area contributed by atoms with Gasteiger partial charge in [0.05, 0.1) is 17.4 Å². The molecular weight excluding hydrogens is 356 g/mol. The maximum absolute atomic E-state index is 12.6. The topological polar surface area (TPSA) is 93.1 Å². The van der Waals surface area contributed by atoms with Crippen molar-refractivity contribution in [2.75, 3.05) is 11.9 Å². The molecule has 0 radical (unpaired) electrons. The van der Waals surface area contributed by atoms with Gasteiger partial charge in [-0.15, -0.1) is 0 Å². The van der Waals surface area contributed by atoms with Crippen LogP contribution in [-0.2, 0) is 16.1 Å². The molecule has 0 aliphatic heterocycles. The van der Waals surface area contributed by atoms with Gasteiger partial charge in [0.25, 0.3) is 5.56 Å². The van der Waals surface area contributed by atoms with Crippen LogP contribution in [0, 0.1) is 20.8 Å². The molecule has 0 atom stereocenters. The van der Waals surface area contributed by atoms with Crippen LogP contribution in [0.4, 0.5) is 5.69 Å². The summed E-state index contributed by atoms with van der Waals surface area (Å²) in [5, 5.41) is 5.78. The Labute approximate surface area is 162 Å². The van der Waals surface area contributed by atoms with Crippen LogP contribution in [0.5, 0.6) is 0 Å². The first kappa shape index (κ1) is 19.3. The third-order valence-electron chi connectivity index (χ3n) is 4.68. The number of aryl methyl sites for hydroxylation is 2. The summed E-state index contributed by atoms with van der Waals surface area (Å²) < 4.78 is 1.31. The number of benzene rings is 2. The van der Waals surface area contributed by atoms with E-state index in [-0.39, 0.29) is 24.6 Å². The molecule has 0 unspecified atom stereocenters. The van der Waals surface area contributed by atoms with E-state index in [0.29, 0.717) is 22.4 Å². The minimum atomic E-state index is -0.432. The van der Waals surface area contributed by atoms with Gasteiger partial charge >= 0.3 is 0 Å². The van der Waals surface area contributed by atoms with Crippen LogP contribution in [0.15, 0.2) is 47.3 Å². The first-order valence-corrected chi connectivity index (χ1v) is 8.96. The van der Waals surface area contributed by atoms with Crippen LogP contribution < -0.4 is 16.2 Å². The maximum Gasteiger partial charge on any atom is 0.261 e. The molecule has 2 aromatic carbocycles. The summed E-state index contributed by atoms with van der Waals surface area (Å²) in [6.45, 7) is 5.19. The van der Waals surface area contributed by atoms with E-state index >= 15 is 0 Å². The van der Waals surface area contributed by atoms with Crippen molar-refractivity contribution < 1.29 is 9.59 Å². The third kappa shape index (κ3) is 4.09. The fraction of sp³-hybridized carbons (Fsp3) is 0.238. The summed E-state index contributed by atoms with van der Waals surface area (Å²) >= 11 is 0. The highest BCUT2D eigenvalue weighted by atomic mass is 16.2. The van der Waals surface area contributed by atoms with E-state index < -0.39 is 5.91 Å². The lowest BCUT2D eigenvalue weighted by atomic mass is 10.1. The molecule has 1 aromatic heterocycles. The van der Waals surface area contributed by atoms with Crippen molar-refractivity contribution in [2.45, 2.75) is 27.3 Å². The highest BCUT2D eigenvalue weighted by Crippen LogP contribution is 2.17. The lowest BCUT2D eigenvalue weighted by molar-refractivity contribution is -0.124. The molecule has 144 valence electrons. The molecule has 2 N–H and O–H groups in total. The molecule has 3 rings (SSSR count). The Hall–Kier alpha value is -3.48. The van der Waals surface area contributed by atoms with Crippen molar-refractivity contribution in [1.29, 1.82) is 0 Å². The number of aromatic nitrogens is 2. The highest BCUT2D eigenvalue weighted by molar-refractivity contribution is 5.95. The van der Waals surface area contributed by atoms with Crippen molar-refractivity contribution in [3.8, 4) is 0 Å². The number of fused-ring (bicyclic) bond motifs is 1. The number of nitrogens with one attached hydrogen (secondary N) is 2. The average molecular weight is 378 g/mol. The van der Waals surface area contributed by atoms with Gasteiger partial charge in [-0.1, -0.05) is 24.3 Å². The van der Waals surface area contributed by atoms with Crippen molar-refractivity contribution in [3.63, 3.8) is 0 Å². The maximum atomic E-state index is 12.6. The van der Waals surface area contributed by atoms with Crippen LogP contribution in [0.1, 0.15) is 17.0 Å². The van der Waals surface area contributed by atoms with Gasteiger partial charge in [-0.05, 0) is 50.1 Å². The van der Waals surface area contributed by atoms with Crippen molar-refractivity contribution >= 4 is 28.4 Å². The number of carbonyl (C=O) groups excluding carboxylic acids is 2. The standard InChI is InChI=1S/C21H22N4O3/c1-13-7-6-10-17(14(13)2)24-19(26)11-22-20(27)12-25-15(3)23-18-9-5-4-8-16(18)21(25)28/h4-10H,11-12H2,1-3H3,(H,22,27)(H,24,26). The second kappa shape index (κ2) is 8.04. The predicted octanol–water partition coefficient (Wildman–Crippen LogP) is 2.08. The third-order valence-corrected chi connectivity index (χ3v) is 4.68. The summed E-state index contributed by atoms with van der Waals surface area (Å²) in [6, 6.07) is 12.6. The monoisotopic (exact) mass is 378 g/mol. The molecule has 0 bridgehead atoms. The van der Waals surface area contributed by atoms with Crippen molar-refractivity contribution in [1.82, 2.24) is 14.9 Å². The van der Waals surface area contributed by atoms with Gasteiger partial charge in [0.1, 0.15) is 12.4 Å². The summed E-state index contributed by atoms with van der Waals surface area (Å²) in [5.41, 5.74) is 3.07. The number of nitrogens with zero attached hydrogens (tertiary/aromatic N) is 2. The average Bonchev–Trinajstić information content (AvgIpc) is 2.67. The second-order valence-electron chi connectivity index (χ2n) is 6.64. The molecule has 0 aliphatic rings. The lowest BCUT2D eigenvalue weighted by Gasteiger charge is -2.12. The van der Waals surface area contributed by atoms with Gasteiger partial charge < -0.3 is 10.6 Å². The molecule has 1 heterocycles. The Morgan fingerprint density at radius 3 is 2.54 bits per heavy atom. The molecule has 3 aromatic rings. The Bertz CT molecular complexity index is 1120. The van der Waals surface area contributed by atoms with Gasteiger partial charge in [-0.3, -0.25) is 19.0 Å². The smallest absolute Gasteiger partial charge is 0.261 e. The Kier molecular flexibility index (Phi) is 5.54. The first-order chi connectivity index (χ1) is 13.4. The molecule has 0 fully saturated rings. The Morgan fingerprint density at radius 2 is 1.75 bits per heavy atom. The second-order valence-corrected chi connectivity index (χ2v) is 6.64. The highest BCUT2D eigenvalue weighted by Gasteiger charge is 2.13. The normalized spacial score (nSPS) is 10.7. The van der Waals surface area contributed by atoms with E-state index in [2.05, 4.69) is 15.6 Å². The predicted molar refractivity (Wildman–Crippen MR) is 108 cm³/mol. The zero-order valence-corrected chi connectivity index (χ0v) is 16.1. The molecule has 2 amide bonds. The molecular formula is C21H22N4O3. The number of hydrogen-bond donors (Lipinski definition) is 2. The van der Waals surface area contributed by atoms with Gasteiger partial charge in [-0.25, -0.2) is 4.98 Å². The molecule has 28 heavy (non-hydrogen) atoms. The van der Waals surface area contributed by atoms with Crippen LogP contribution in [0.25, 0.3) is 10.9 Å². The van der Waals surface area contributed by atoms with Crippen LogP contribution in [-0.4, -0.2) is 27.9 Å². The molecule has 0 saturated heterocycles. The number of para-hydroxylation sites is 1. The summed E-state index contributed by atoms with van der Waals surface area (Å²) in [7, 11) is 0.